The fourth-order valence-electron chi connectivity index (χ4n) is 2.22. The highest BCUT2D eigenvalue weighted by molar-refractivity contribution is 7.80. The van der Waals surface area contributed by atoms with Gasteiger partial charge in [0.25, 0.3) is 5.91 Å². The van der Waals surface area contributed by atoms with Gasteiger partial charge in [0.15, 0.2) is 11.7 Å². The van der Waals surface area contributed by atoms with Crippen LogP contribution in [-0.2, 0) is 23.9 Å². The first-order valence-corrected chi connectivity index (χ1v) is 7.96. The summed E-state index contributed by atoms with van der Waals surface area (Å²) in [4.78, 5) is 38.1. The van der Waals surface area contributed by atoms with E-state index in [1.54, 1.807) is 30.3 Å². The van der Waals surface area contributed by atoms with E-state index in [9.17, 15) is 14.4 Å². The molecule has 138 valence electrons. The lowest BCUT2D eigenvalue weighted by Crippen LogP contribution is -2.33. The summed E-state index contributed by atoms with van der Waals surface area (Å²) in [6.45, 7) is -0.461. The molecule has 0 radical (unpaired) electrons. The number of rotatable bonds is 6. The van der Waals surface area contributed by atoms with Crippen LogP contribution < -0.4 is 4.74 Å². The molecule has 0 spiro atoms. The maximum atomic E-state index is 12.5. The summed E-state index contributed by atoms with van der Waals surface area (Å²) in [7, 11) is 4.04. The summed E-state index contributed by atoms with van der Waals surface area (Å²) in [5.74, 6) is -1.03. The molecule has 1 heterocycles. The lowest BCUT2D eigenvalue weighted by atomic mass is 10.1. The molecule has 0 saturated carbocycles. The molecule has 0 bridgehead atoms. The van der Waals surface area contributed by atoms with E-state index in [1.807, 2.05) is 0 Å². The summed E-state index contributed by atoms with van der Waals surface area (Å²) in [5.41, 5.74) is 0.754. The average Bonchev–Trinajstić information content (AvgIpc) is 2.85. The van der Waals surface area contributed by atoms with Gasteiger partial charge in [-0.25, -0.2) is 4.79 Å². The van der Waals surface area contributed by atoms with Crippen LogP contribution in [0.5, 0.6) is 5.75 Å². The summed E-state index contributed by atoms with van der Waals surface area (Å²) >= 11 is 5.22. The largest absolute Gasteiger partial charge is 0.481 e. The highest BCUT2D eigenvalue weighted by Gasteiger charge is 2.36. The van der Waals surface area contributed by atoms with E-state index < -0.39 is 11.9 Å². The van der Waals surface area contributed by atoms with Gasteiger partial charge in [-0.2, -0.15) is 0 Å². The molecule has 0 unspecified atom stereocenters. The van der Waals surface area contributed by atoms with Crippen molar-refractivity contribution < 1.29 is 28.6 Å². The van der Waals surface area contributed by atoms with Gasteiger partial charge in [-0.1, -0.05) is 18.2 Å². The number of ether oxygens (including phenoxy) is 3. The molecule has 0 atom stereocenters. The van der Waals surface area contributed by atoms with Gasteiger partial charge in [-0.3, -0.25) is 14.5 Å². The SMILES string of the molecule is COC(=O)COc1ccccc1/C=C1/C(=O)N(C)C(=S)N1CC(=O)OC. The van der Waals surface area contributed by atoms with Crippen molar-refractivity contribution in [2.24, 2.45) is 0 Å². The van der Waals surface area contributed by atoms with Crippen molar-refractivity contribution in [3.05, 3.63) is 35.5 Å². The smallest absolute Gasteiger partial charge is 0.343 e. The number of carbonyl (C=O) groups is 3. The van der Waals surface area contributed by atoms with Crippen LogP contribution in [0, 0.1) is 0 Å². The van der Waals surface area contributed by atoms with E-state index in [0.29, 0.717) is 11.3 Å². The second kappa shape index (κ2) is 8.43. The van der Waals surface area contributed by atoms with E-state index in [1.165, 1.54) is 31.1 Å². The minimum absolute atomic E-state index is 0.192. The van der Waals surface area contributed by atoms with E-state index in [2.05, 4.69) is 9.47 Å². The molecule has 1 aromatic rings. The van der Waals surface area contributed by atoms with Gasteiger partial charge in [0.05, 0.1) is 14.2 Å². The second-order valence-electron chi connectivity index (χ2n) is 5.24. The van der Waals surface area contributed by atoms with E-state index in [0.717, 1.165) is 0 Å². The number of carbonyl (C=O) groups excluding carboxylic acids is 3. The normalized spacial score (nSPS) is 15.4. The molecule has 1 aliphatic rings. The number of methoxy groups -OCH3 is 2. The molecule has 1 amide bonds. The second-order valence-corrected chi connectivity index (χ2v) is 5.61. The van der Waals surface area contributed by atoms with E-state index in [-0.39, 0.29) is 29.9 Å². The van der Waals surface area contributed by atoms with Crippen LogP contribution in [0.4, 0.5) is 0 Å². The number of thiocarbonyl (C=S) groups is 1. The lowest BCUT2D eigenvalue weighted by molar-refractivity contribution is -0.143. The lowest BCUT2D eigenvalue weighted by Gasteiger charge is -2.17. The number of esters is 2. The fourth-order valence-corrected chi connectivity index (χ4v) is 2.46. The van der Waals surface area contributed by atoms with Gasteiger partial charge in [-0.05, 0) is 24.4 Å². The molecule has 9 heteroatoms. The predicted molar refractivity (Wildman–Crippen MR) is 96.0 cm³/mol. The molecule has 1 saturated heterocycles. The number of benzene rings is 1. The van der Waals surface area contributed by atoms with Crippen molar-refractivity contribution in [3.63, 3.8) is 0 Å². The van der Waals surface area contributed by atoms with Gasteiger partial charge < -0.3 is 19.1 Å². The number of para-hydroxylation sites is 1. The van der Waals surface area contributed by atoms with Crippen LogP contribution in [0.3, 0.4) is 0 Å². The average molecular weight is 378 g/mol. The van der Waals surface area contributed by atoms with Crippen molar-refractivity contribution >= 4 is 41.3 Å². The molecule has 0 aliphatic carbocycles. The first-order valence-electron chi connectivity index (χ1n) is 7.55. The molecular formula is C17H18N2O6S. The number of likely N-dealkylation sites (N-methyl/N-ethyl adjacent to an activating group) is 1. The Morgan fingerprint density at radius 1 is 1.15 bits per heavy atom. The topological polar surface area (TPSA) is 85.4 Å². The minimum atomic E-state index is -0.531. The van der Waals surface area contributed by atoms with Crippen LogP contribution in [0.25, 0.3) is 6.08 Å². The molecule has 0 aromatic heterocycles. The summed E-state index contributed by atoms with van der Waals surface area (Å²) in [5, 5.41) is 0.194. The van der Waals surface area contributed by atoms with Crippen LogP contribution >= 0.6 is 12.2 Å². The third kappa shape index (κ3) is 4.17. The highest BCUT2D eigenvalue weighted by atomic mass is 32.1. The first kappa shape index (κ1) is 19.4. The van der Waals surface area contributed by atoms with Crippen molar-refractivity contribution in [2.75, 3.05) is 34.4 Å². The molecule has 1 aromatic carbocycles. The van der Waals surface area contributed by atoms with Gasteiger partial charge in [0.1, 0.15) is 18.0 Å². The maximum Gasteiger partial charge on any atom is 0.343 e. The summed E-state index contributed by atoms with van der Waals surface area (Å²) < 4.78 is 14.6. The Morgan fingerprint density at radius 2 is 1.81 bits per heavy atom. The Kier molecular flexibility index (Phi) is 6.29. The van der Waals surface area contributed by atoms with Crippen LogP contribution in [0.1, 0.15) is 5.56 Å². The Hall–Kier alpha value is -2.94. The van der Waals surface area contributed by atoms with Crippen molar-refractivity contribution in [1.82, 2.24) is 9.80 Å². The van der Waals surface area contributed by atoms with Crippen LogP contribution in [-0.4, -0.2) is 67.2 Å². The Labute approximate surface area is 155 Å². The van der Waals surface area contributed by atoms with Gasteiger partial charge >= 0.3 is 11.9 Å². The molecule has 1 aliphatic heterocycles. The first-order chi connectivity index (χ1) is 12.4. The zero-order valence-electron chi connectivity index (χ0n) is 14.6. The molecular weight excluding hydrogens is 360 g/mol. The van der Waals surface area contributed by atoms with E-state index >= 15 is 0 Å². The van der Waals surface area contributed by atoms with Gasteiger partial charge in [0, 0.05) is 12.6 Å². The zero-order chi connectivity index (χ0) is 19.3. The Bertz CT molecular complexity index is 776. The standard InChI is InChI=1S/C17H18N2O6S/c1-18-16(22)12(19(17(18)26)9-14(20)23-2)8-11-6-4-5-7-13(11)25-10-15(21)24-3/h4-8H,9-10H2,1-3H3/b12-8-. The van der Waals surface area contributed by atoms with Crippen LogP contribution in [0.15, 0.2) is 30.0 Å². The highest BCUT2D eigenvalue weighted by Crippen LogP contribution is 2.26. The van der Waals surface area contributed by atoms with Gasteiger partial charge in [0.2, 0.25) is 0 Å². The predicted octanol–water partition coefficient (Wildman–Crippen LogP) is 0.811. The fraction of sp³-hybridized carbons (Fsp3) is 0.294. The molecule has 8 nitrogen and oxygen atoms in total. The number of hydrogen-bond donors (Lipinski definition) is 0. The van der Waals surface area contributed by atoms with Gasteiger partial charge in [-0.15, -0.1) is 0 Å². The van der Waals surface area contributed by atoms with Crippen molar-refractivity contribution in [2.45, 2.75) is 0 Å². The monoisotopic (exact) mass is 378 g/mol. The van der Waals surface area contributed by atoms with Crippen LogP contribution in [0.2, 0.25) is 0 Å². The number of amides is 1. The molecule has 26 heavy (non-hydrogen) atoms. The van der Waals surface area contributed by atoms with E-state index in [4.69, 9.17) is 17.0 Å². The zero-order valence-corrected chi connectivity index (χ0v) is 15.4. The molecule has 2 rings (SSSR count). The third-order valence-electron chi connectivity index (χ3n) is 3.63. The van der Waals surface area contributed by atoms with Crippen molar-refractivity contribution in [1.29, 1.82) is 0 Å². The number of hydrogen-bond acceptors (Lipinski definition) is 7. The molecule has 1 fully saturated rings. The number of nitrogens with zero attached hydrogens (tertiary/aromatic N) is 2. The maximum absolute atomic E-state index is 12.5. The Balaban J connectivity index is 2.36. The quantitative estimate of drug-likeness (QED) is 0.408. The molecule has 0 N–H and O–H groups in total. The third-order valence-corrected chi connectivity index (χ3v) is 4.13. The summed E-state index contributed by atoms with van der Waals surface area (Å²) in [6, 6.07) is 6.85. The Morgan fingerprint density at radius 3 is 2.46 bits per heavy atom. The summed E-state index contributed by atoms with van der Waals surface area (Å²) in [6.07, 6.45) is 1.55. The minimum Gasteiger partial charge on any atom is -0.481 e. The van der Waals surface area contributed by atoms with Crippen molar-refractivity contribution in [3.8, 4) is 5.75 Å².